The van der Waals surface area contributed by atoms with Crippen molar-refractivity contribution in [1.82, 2.24) is 5.32 Å². The number of carbonyl (C=O) groups is 2. The van der Waals surface area contributed by atoms with Crippen LogP contribution >= 0.6 is 0 Å². The van der Waals surface area contributed by atoms with E-state index in [2.05, 4.69) is 26.1 Å². The second kappa shape index (κ2) is 63.7. The fourth-order valence-corrected chi connectivity index (χ4v) is 11.3. The summed E-state index contributed by atoms with van der Waals surface area (Å²) < 4.78 is 5.39. The summed E-state index contributed by atoms with van der Waals surface area (Å²) in [4.78, 5) is 24.7. The van der Waals surface area contributed by atoms with E-state index < -0.39 is 24.2 Å². The Hall–Kier alpha value is -1.44. The van der Waals surface area contributed by atoms with E-state index in [4.69, 9.17) is 4.74 Å². The van der Waals surface area contributed by atoms with E-state index in [1.54, 1.807) is 6.08 Å². The number of allylic oxidation sites excluding steroid dienone is 1. The third kappa shape index (κ3) is 59.0. The van der Waals surface area contributed by atoms with Crippen molar-refractivity contribution < 1.29 is 29.6 Å². The molecule has 7 heteroatoms. The maximum Gasteiger partial charge on any atom is 0.334 e. The molecule has 458 valence electrons. The van der Waals surface area contributed by atoms with Gasteiger partial charge in [-0.15, -0.1) is 0 Å². The lowest BCUT2D eigenvalue weighted by Gasteiger charge is -2.20. The molecule has 4 N–H and O–H groups in total. The van der Waals surface area contributed by atoms with Crippen molar-refractivity contribution in [1.29, 1.82) is 0 Å². The molecular formula is C70H137NO6. The fraction of sp³-hybridized carbons (Fsp3) is 0.943. The average molecular weight is 1090 g/mol. The van der Waals surface area contributed by atoms with Gasteiger partial charge in [-0.1, -0.05) is 360 Å². The number of aliphatic hydroxyl groups excluding tert-OH is 3. The Bertz CT molecular complexity index is 1190. The van der Waals surface area contributed by atoms with Crippen molar-refractivity contribution in [2.75, 3.05) is 13.2 Å². The number of aliphatic hydroxyl groups is 3. The van der Waals surface area contributed by atoms with Crippen molar-refractivity contribution >= 4 is 11.9 Å². The number of hydrogen-bond donors (Lipinski definition) is 4. The lowest BCUT2D eigenvalue weighted by molar-refractivity contribution is -0.154. The van der Waals surface area contributed by atoms with Crippen LogP contribution in [0.25, 0.3) is 0 Å². The van der Waals surface area contributed by atoms with Crippen LogP contribution < -0.4 is 5.32 Å². The van der Waals surface area contributed by atoms with Gasteiger partial charge in [0.05, 0.1) is 25.4 Å². The normalized spacial score (nSPS) is 13.4. The highest BCUT2D eigenvalue weighted by Gasteiger charge is 2.18. The van der Waals surface area contributed by atoms with Gasteiger partial charge in [0.2, 0.25) is 5.91 Å². The summed E-state index contributed by atoms with van der Waals surface area (Å²) in [5, 5.41) is 33.4. The van der Waals surface area contributed by atoms with Crippen LogP contribution in [-0.2, 0) is 14.3 Å². The van der Waals surface area contributed by atoms with Crippen LogP contribution in [-0.4, -0.2) is 58.7 Å². The molecule has 0 saturated heterocycles. The van der Waals surface area contributed by atoms with Crippen LogP contribution in [0.1, 0.15) is 387 Å². The van der Waals surface area contributed by atoms with Crippen LogP contribution in [0, 0.1) is 5.92 Å². The van der Waals surface area contributed by atoms with Gasteiger partial charge in [0, 0.05) is 6.42 Å². The Kier molecular flexibility index (Phi) is 62.5. The van der Waals surface area contributed by atoms with E-state index in [9.17, 15) is 24.9 Å². The van der Waals surface area contributed by atoms with Crippen LogP contribution in [0.4, 0.5) is 0 Å². The summed E-state index contributed by atoms with van der Waals surface area (Å²) in [6, 6.07) is -0.628. The zero-order chi connectivity index (χ0) is 56.0. The number of unbranched alkanes of at least 4 members (excludes halogenated alkanes) is 49. The molecule has 0 aliphatic carbocycles. The molecule has 4 unspecified atom stereocenters. The summed E-state index contributed by atoms with van der Waals surface area (Å²) in [6.45, 7) is 7.12. The predicted octanol–water partition coefficient (Wildman–Crippen LogP) is 21.2. The minimum atomic E-state index is -0.954. The monoisotopic (exact) mass is 1090 g/mol. The minimum absolute atomic E-state index is 0.0670. The molecule has 7 nitrogen and oxygen atoms in total. The number of amides is 1. The van der Waals surface area contributed by atoms with Crippen molar-refractivity contribution in [3.05, 3.63) is 12.2 Å². The summed E-state index contributed by atoms with van der Waals surface area (Å²) in [5.74, 6) is 0.253. The Morgan fingerprint density at radius 1 is 0.403 bits per heavy atom. The highest BCUT2D eigenvalue weighted by molar-refractivity contribution is 5.76. The molecule has 0 aliphatic heterocycles. The maximum atomic E-state index is 12.5. The van der Waals surface area contributed by atoms with Gasteiger partial charge in [-0.25, -0.2) is 4.79 Å². The first-order valence-corrected chi connectivity index (χ1v) is 34.9. The quantitative estimate of drug-likeness (QED) is 0.0274. The van der Waals surface area contributed by atoms with Gasteiger partial charge in [-0.2, -0.15) is 0 Å². The van der Waals surface area contributed by atoms with Crippen LogP contribution in [0.5, 0.6) is 0 Å². The van der Waals surface area contributed by atoms with Gasteiger partial charge < -0.3 is 25.4 Å². The van der Waals surface area contributed by atoms with Crippen LogP contribution in [0.3, 0.4) is 0 Å². The van der Waals surface area contributed by atoms with E-state index in [0.29, 0.717) is 19.4 Å². The molecule has 0 aromatic rings. The molecule has 4 atom stereocenters. The maximum absolute atomic E-state index is 12.5. The van der Waals surface area contributed by atoms with Gasteiger partial charge in [-0.3, -0.25) is 4.79 Å². The molecule has 77 heavy (non-hydrogen) atoms. The molecule has 0 aromatic carbocycles. The van der Waals surface area contributed by atoms with Crippen LogP contribution in [0.15, 0.2) is 12.2 Å². The second-order valence-corrected chi connectivity index (χ2v) is 24.6. The van der Waals surface area contributed by atoms with Gasteiger partial charge in [-0.05, 0) is 38.0 Å². The molecule has 0 spiro atoms. The molecule has 1 amide bonds. The first kappa shape index (κ1) is 75.6. The summed E-state index contributed by atoms with van der Waals surface area (Å²) >= 11 is 0. The Morgan fingerprint density at radius 2 is 0.701 bits per heavy atom. The van der Waals surface area contributed by atoms with E-state index in [1.165, 1.54) is 302 Å². The van der Waals surface area contributed by atoms with Gasteiger partial charge in [0.25, 0.3) is 0 Å². The summed E-state index contributed by atoms with van der Waals surface area (Å²) in [5.41, 5.74) is 0. The molecule has 0 fully saturated rings. The first-order chi connectivity index (χ1) is 37.8. The Morgan fingerprint density at radius 3 is 1.06 bits per heavy atom. The lowest BCUT2D eigenvalue weighted by atomic mass is 9.96. The van der Waals surface area contributed by atoms with Gasteiger partial charge in [0.15, 0.2) is 6.10 Å². The number of rotatable bonds is 65. The zero-order valence-corrected chi connectivity index (χ0v) is 52.2. The molecule has 0 radical (unpaired) electrons. The zero-order valence-electron chi connectivity index (χ0n) is 52.2. The minimum Gasteiger partial charge on any atom is -0.464 e. The number of carbonyl (C=O) groups excluding carboxylic acids is 2. The number of esters is 1. The largest absolute Gasteiger partial charge is 0.464 e. The Balaban J connectivity index is 3.41. The summed E-state index contributed by atoms with van der Waals surface area (Å²) in [6.07, 6.45) is 74.9. The topological polar surface area (TPSA) is 116 Å². The highest BCUT2D eigenvalue weighted by atomic mass is 16.5. The number of ether oxygens (including phenoxy) is 1. The number of nitrogens with one attached hydrogen (secondary N) is 1. The SMILES string of the molecule is CCCCCCCCCCCCCC=CC(O)C(CO)NC(=O)CCCCCCCCCCCCCCCCCCCCCCCCCCCCCOC(=O)C(O)CCCCC(C)CCCCCCCCCCCCCC. The van der Waals surface area contributed by atoms with Gasteiger partial charge in [0.1, 0.15) is 0 Å². The molecule has 0 rings (SSSR count). The fourth-order valence-electron chi connectivity index (χ4n) is 11.3. The summed E-state index contributed by atoms with van der Waals surface area (Å²) in [7, 11) is 0. The molecule has 0 saturated carbocycles. The predicted molar refractivity (Wildman–Crippen MR) is 335 cm³/mol. The molecule has 0 aromatic heterocycles. The first-order valence-electron chi connectivity index (χ1n) is 34.9. The van der Waals surface area contributed by atoms with Crippen molar-refractivity contribution in [2.24, 2.45) is 5.92 Å². The Labute approximate surface area is 481 Å². The highest BCUT2D eigenvalue weighted by Crippen LogP contribution is 2.21. The van der Waals surface area contributed by atoms with E-state index in [-0.39, 0.29) is 12.5 Å². The van der Waals surface area contributed by atoms with Crippen molar-refractivity contribution in [3.8, 4) is 0 Å². The standard InChI is InChI=1S/C70H137NO6/c1-4-6-8-10-12-14-16-33-37-41-45-49-53-60-67(73)66(64-72)71-69(75)62-54-50-46-42-38-34-31-29-27-25-23-21-19-18-20-22-24-26-28-30-32-35-39-43-47-51-57-63-77-70(76)68(74)61-56-55-59-65(3)58-52-48-44-40-36-17-15-13-11-9-7-5-2/h53,60,65-68,72-74H,4-52,54-59,61-64H2,1-3H3,(H,71,75). The molecule has 0 heterocycles. The van der Waals surface area contributed by atoms with Gasteiger partial charge >= 0.3 is 5.97 Å². The smallest absolute Gasteiger partial charge is 0.334 e. The van der Waals surface area contributed by atoms with Crippen molar-refractivity contribution in [3.63, 3.8) is 0 Å². The molecule has 0 bridgehead atoms. The second-order valence-electron chi connectivity index (χ2n) is 24.6. The molecular weight excluding hydrogens is 951 g/mol. The molecule has 0 aliphatic rings. The van der Waals surface area contributed by atoms with Crippen molar-refractivity contribution in [2.45, 2.75) is 405 Å². The average Bonchev–Trinajstić information content (AvgIpc) is 3.43. The third-order valence-electron chi connectivity index (χ3n) is 16.8. The number of hydrogen-bond acceptors (Lipinski definition) is 6. The van der Waals surface area contributed by atoms with Crippen LogP contribution in [0.2, 0.25) is 0 Å². The lowest BCUT2D eigenvalue weighted by Crippen LogP contribution is -2.45. The van der Waals surface area contributed by atoms with E-state index in [0.717, 1.165) is 57.3 Å². The van der Waals surface area contributed by atoms with E-state index in [1.807, 2.05) is 6.08 Å². The third-order valence-corrected chi connectivity index (χ3v) is 16.8. The van der Waals surface area contributed by atoms with E-state index >= 15 is 0 Å².